The zero-order chi connectivity index (χ0) is 23.2. The summed E-state index contributed by atoms with van der Waals surface area (Å²) in [5.41, 5.74) is 8.54. The minimum absolute atomic E-state index is 0.895. The van der Waals surface area contributed by atoms with Gasteiger partial charge in [-0.05, 0) is 70.1 Å². The molecule has 3 nitrogen and oxygen atoms in total. The molecule has 3 aromatic heterocycles. The molecule has 0 radical (unpaired) electrons. The maximum Gasteiger partial charge on any atom is 0.136 e. The van der Waals surface area contributed by atoms with Crippen LogP contribution in [0.25, 0.3) is 66.2 Å². The Balaban J connectivity index is 1.37. The van der Waals surface area contributed by atoms with Gasteiger partial charge in [0.2, 0.25) is 0 Å². The highest BCUT2D eigenvalue weighted by atomic mass is 16.3. The predicted molar refractivity (Wildman–Crippen MR) is 143 cm³/mol. The molecule has 4 aromatic carbocycles. The second-order valence-corrected chi connectivity index (χ2v) is 8.72. The molecule has 3 heterocycles. The molecule has 0 amide bonds. The van der Waals surface area contributed by atoms with Crippen LogP contribution in [0.4, 0.5) is 0 Å². The third kappa shape index (κ3) is 3.37. The Morgan fingerprint density at radius 3 is 2.29 bits per heavy atom. The van der Waals surface area contributed by atoms with Crippen molar-refractivity contribution in [2.75, 3.05) is 0 Å². The van der Waals surface area contributed by atoms with Crippen molar-refractivity contribution in [3.05, 3.63) is 122 Å². The highest BCUT2D eigenvalue weighted by Crippen LogP contribution is 2.39. The molecule has 3 heteroatoms. The largest absolute Gasteiger partial charge is 0.456 e. The second-order valence-electron chi connectivity index (χ2n) is 8.72. The first-order valence-electron chi connectivity index (χ1n) is 11.6. The van der Waals surface area contributed by atoms with E-state index in [1.165, 1.54) is 16.5 Å². The van der Waals surface area contributed by atoms with Gasteiger partial charge in [0.05, 0.1) is 5.69 Å². The lowest BCUT2D eigenvalue weighted by molar-refractivity contribution is 0.669. The molecule has 0 saturated carbocycles. The van der Waals surface area contributed by atoms with Crippen molar-refractivity contribution in [2.45, 2.75) is 0 Å². The van der Waals surface area contributed by atoms with Crippen LogP contribution in [0, 0.1) is 0 Å². The van der Waals surface area contributed by atoms with Gasteiger partial charge in [-0.2, -0.15) is 0 Å². The summed E-state index contributed by atoms with van der Waals surface area (Å²) in [6.45, 7) is 0. The second kappa shape index (κ2) is 7.93. The van der Waals surface area contributed by atoms with E-state index in [0.29, 0.717) is 0 Å². The minimum atomic E-state index is 0.895. The Kier molecular flexibility index (Phi) is 4.46. The molecule has 35 heavy (non-hydrogen) atoms. The van der Waals surface area contributed by atoms with Gasteiger partial charge in [-0.15, -0.1) is 0 Å². The Hall–Kier alpha value is -4.76. The standard InChI is InChI=1S/C32H20N2O/c1-2-16-34-29(5-1)22-9-7-21(8-10-22)23-13-14-30-28(19-23)32-27(4-3-6-31(32)35-30)25-11-12-26-20-33-17-15-24(26)18-25/h1-20H. The molecule has 0 bridgehead atoms. The van der Waals surface area contributed by atoms with Crippen LogP contribution in [0.2, 0.25) is 0 Å². The number of hydrogen-bond acceptors (Lipinski definition) is 3. The first kappa shape index (κ1) is 19.7. The summed E-state index contributed by atoms with van der Waals surface area (Å²) in [7, 11) is 0. The van der Waals surface area contributed by atoms with Crippen LogP contribution in [0.3, 0.4) is 0 Å². The van der Waals surface area contributed by atoms with Crippen molar-refractivity contribution in [2.24, 2.45) is 0 Å². The number of aromatic nitrogens is 2. The summed E-state index contributed by atoms with van der Waals surface area (Å²) in [5, 5.41) is 4.58. The van der Waals surface area contributed by atoms with Crippen LogP contribution in [0.5, 0.6) is 0 Å². The van der Waals surface area contributed by atoms with Crippen molar-refractivity contribution < 1.29 is 4.42 Å². The third-order valence-electron chi connectivity index (χ3n) is 6.63. The molecule has 0 aliphatic carbocycles. The highest BCUT2D eigenvalue weighted by molar-refractivity contribution is 6.13. The van der Waals surface area contributed by atoms with E-state index < -0.39 is 0 Å². The monoisotopic (exact) mass is 448 g/mol. The number of benzene rings is 4. The van der Waals surface area contributed by atoms with Gasteiger partial charge in [0.1, 0.15) is 11.2 Å². The molecule has 0 spiro atoms. The van der Waals surface area contributed by atoms with Gasteiger partial charge in [-0.3, -0.25) is 9.97 Å². The molecule has 0 aliphatic rings. The number of nitrogens with zero attached hydrogens (tertiary/aromatic N) is 2. The molecule has 0 fully saturated rings. The van der Waals surface area contributed by atoms with Crippen molar-refractivity contribution in [1.29, 1.82) is 0 Å². The van der Waals surface area contributed by atoms with E-state index in [4.69, 9.17) is 4.42 Å². The van der Waals surface area contributed by atoms with Gasteiger partial charge < -0.3 is 4.42 Å². The normalized spacial score (nSPS) is 11.4. The van der Waals surface area contributed by atoms with Gasteiger partial charge in [0, 0.05) is 40.3 Å². The fraction of sp³-hybridized carbons (Fsp3) is 0. The Labute approximate surface area is 202 Å². The Morgan fingerprint density at radius 2 is 1.40 bits per heavy atom. The number of pyridine rings is 2. The first-order valence-corrected chi connectivity index (χ1v) is 11.6. The fourth-order valence-corrected chi connectivity index (χ4v) is 4.86. The van der Waals surface area contributed by atoms with Crippen LogP contribution in [0.1, 0.15) is 0 Å². The van der Waals surface area contributed by atoms with E-state index in [-0.39, 0.29) is 0 Å². The maximum absolute atomic E-state index is 6.25. The fourth-order valence-electron chi connectivity index (χ4n) is 4.86. The van der Waals surface area contributed by atoms with Gasteiger partial charge in [0.15, 0.2) is 0 Å². The number of hydrogen-bond donors (Lipinski definition) is 0. The molecule has 7 rings (SSSR count). The average molecular weight is 449 g/mol. The van der Waals surface area contributed by atoms with E-state index in [9.17, 15) is 0 Å². The number of rotatable bonds is 3. The molecule has 0 N–H and O–H groups in total. The lowest BCUT2D eigenvalue weighted by atomic mass is 9.96. The topological polar surface area (TPSA) is 38.9 Å². The van der Waals surface area contributed by atoms with Crippen molar-refractivity contribution in [1.82, 2.24) is 9.97 Å². The maximum atomic E-state index is 6.25. The van der Waals surface area contributed by atoms with E-state index >= 15 is 0 Å². The van der Waals surface area contributed by atoms with Gasteiger partial charge in [0.25, 0.3) is 0 Å². The predicted octanol–water partition coefficient (Wildman–Crippen LogP) is 8.53. The molecule has 0 aliphatic heterocycles. The van der Waals surface area contributed by atoms with Gasteiger partial charge in [-0.25, -0.2) is 0 Å². The summed E-state index contributed by atoms with van der Waals surface area (Å²) < 4.78 is 6.25. The summed E-state index contributed by atoms with van der Waals surface area (Å²) in [6.07, 6.45) is 5.56. The lowest BCUT2D eigenvalue weighted by Crippen LogP contribution is -1.84. The van der Waals surface area contributed by atoms with E-state index in [1.54, 1.807) is 0 Å². The van der Waals surface area contributed by atoms with Gasteiger partial charge in [-0.1, -0.05) is 60.7 Å². The minimum Gasteiger partial charge on any atom is -0.456 e. The molecule has 164 valence electrons. The summed E-state index contributed by atoms with van der Waals surface area (Å²) in [6, 6.07) is 35.9. The van der Waals surface area contributed by atoms with Crippen LogP contribution in [-0.4, -0.2) is 9.97 Å². The quantitative estimate of drug-likeness (QED) is 0.272. The smallest absolute Gasteiger partial charge is 0.136 e. The van der Waals surface area contributed by atoms with Crippen molar-refractivity contribution in [3.8, 4) is 33.5 Å². The van der Waals surface area contributed by atoms with Crippen LogP contribution in [0.15, 0.2) is 126 Å². The Bertz CT molecular complexity index is 1830. The number of fused-ring (bicyclic) bond motifs is 4. The molecular weight excluding hydrogens is 428 g/mol. The first-order chi connectivity index (χ1) is 17.3. The summed E-state index contributed by atoms with van der Waals surface area (Å²) in [5.74, 6) is 0. The molecule has 0 saturated heterocycles. The zero-order valence-corrected chi connectivity index (χ0v) is 18.8. The van der Waals surface area contributed by atoms with Crippen LogP contribution >= 0.6 is 0 Å². The van der Waals surface area contributed by atoms with Crippen molar-refractivity contribution in [3.63, 3.8) is 0 Å². The van der Waals surface area contributed by atoms with Crippen molar-refractivity contribution >= 4 is 32.7 Å². The third-order valence-corrected chi connectivity index (χ3v) is 6.63. The summed E-state index contributed by atoms with van der Waals surface area (Å²) >= 11 is 0. The lowest BCUT2D eigenvalue weighted by Gasteiger charge is -2.07. The van der Waals surface area contributed by atoms with Gasteiger partial charge >= 0.3 is 0 Å². The van der Waals surface area contributed by atoms with E-state index in [2.05, 4.69) is 88.8 Å². The van der Waals surface area contributed by atoms with Crippen LogP contribution < -0.4 is 0 Å². The molecule has 0 atom stereocenters. The molecular formula is C32H20N2O. The Morgan fingerprint density at radius 1 is 0.543 bits per heavy atom. The number of furan rings is 1. The molecule has 7 aromatic rings. The molecule has 0 unspecified atom stereocenters. The van der Waals surface area contributed by atoms with E-state index in [0.717, 1.165) is 49.7 Å². The highest BCUT2D eigenvalue weighted by Gasteiger charge is 2.14. The zero-order valence-electron chi connectivity index (χ0n) is 18.8. The van der Waals surface area contributed by atoms with E-state index in [1.807, 2.05) is 42.9 Å². The average Bonchev–Trinajstić information content (AvgIpc) is 3.31. The van der Waals surface area contributed by atoms with Crippen LogP contribution in [-0.2, 0) is 0 Å². The summed E-state index contributed by atoms with van der Waals surface area (Å²) in [4.78, 5) is 8.70. The SMILES string of the molecule is c1ccc(-c2ccc(-c3ccc4oc5cccc(-c6ccc7cnccc7c6)c5c4c3)cc2)nc1.